The minimum Gasteiger partial charge on any atom is -0.384 e. The molecule has 0 radical (unpaired) electrons. The summed E-state index contributed by atoms with van der Waals surface area (Å²) in [5.74, 6) is 0. The molecule has 0 fully saturated rings. The smallest absolute Gasteiger partial charge is 0.100 e. The molecule has 0 aliphatic heterocycles. The number of thiophene rings is 1. The van der Waals surface area contributed by atoms with E-state index in [-0.39, 0.29) is 0 Å². The fraction of sp³-hybridized carbons (Fsp3) is 0.235. The fourth-order valence-corrected chi connectivity index (χ4v) is 3.67. The first-order valence-electron chi connectivity index (χ1n) is 6.67. The minimum absolute atomic E-state index is 0.595. The Bertz CT molecular complexity index is 740. The Hall–Kier alpha value is -1.71. The molecule has 3 aromatic rings. The molecule has 20 heavy (non-hydrogen) atoms. The van der Waals surface area contributed by atoms with Crippen LogP contribution >= 0.6 is 11.3 Å². The van der Waals surface area contributed by atoms with Gasteiger partial charge in [0.05, 0.1) is 5.52 Å². The molecule has 2 heterocycles. The molecule has 3 heteroatoms. The first-order chi connectivity index (χ1) is 9.58. The molecule has 1 unspecified atom stereocenters. The van der Waals surface area contributed by atoms with Crippen molar-refractivity contribution in [3.8, 4) is 0 Å². The lowest BCUT2D eigenvalue weighted by molar-refractivity contribution is 0.0612. The van der Waals surface area contributed by atoms with Crippen molar-refractivity contribution < 1.29 is 5.11 Å². The van der Waals surface area contributed by atoms with Gasteiger partial charge in [-0.15, -0.1) is 11.3 Å². The highest BCUT2D eigenvalue weighted by molar-refractivity contribution is 7.10. The van der Waals surface area contributed by atoms with Gasteiger partial charge in [0.15, 0.2) is 0 Å². The minimum atomic E-state index is -0.845. The van der Waals surface area contributed by atoms with Gasteiger partial charge in [0, 0.05) is 22.9 Å². The highest BCUT2D eigenvalue weighted by Gasteiger charge is 2.27. The molecule has 0 amide bonds. The Balaban J connectivity index is 2.03. The lowest BCUT2D eigenvalue weighted by Crippen LogP contribution is -2.24. The van der Waals surface area contributed by atoms with Crippen LogP contribution in [-0.2, 0) is 12.0 Å². The number of para-hydroxylation sites is 1. The lowest BCUT2D eigenvalue weighted by Gasteiger charge is -2.24. The first kappa shape index (κ1) is 13.3. The molecule has 1 atom stereocenters. The highest BCUT2D eigenvalue weighted by atomic mass is 32.1. The van der Waals surface area contributed by atoms with Gasteiger partial charge in [0.25, 0.3) is 0 Å². The first-order valence-corrected chi connectivity index (χ1v) is 7.55. The van der Waals surface area contributed by atoms with Crippen LogP contribution in [0.4, 0.5) is 0 Å². The third kappa shape index (κ3) is 2.35. The Morgan fingerprint density at radius 1 is 1.20 bits per heavy atom. The van der Waals surface area contributed by atoms with Crippen molar-refractivity contribution in [3.63, 3.8) is 0 Å². The molecule has 102 valence electrons. The zero-order chi connectivity index (χ0) is 14.2. The van der Waals surface area contributed by atoms with Gasteiger partial charge < -0.3 is 5.11 Å². The molecule has 1 aromatic carbocycles. The van der Waals surface area contributed by atoms with E-state index in [9.17, 15) is 5.11 Å². The van der Waals surface area contributed by atoms with E-state index in [0.29, 0.717) is 6.42 Å². The zero-order valence-corrected chi connectivity index (χ0v) is 12.4. The molecule has 0 saturated heterocycles. The number of aromatic nitrogens is 1. The molecule has 0 bridgehead atoms. The Labute approximate surface area is 122 Å². The van der Waals surface area contributed by atoms with Crippen LogP contribution in [0.3, 0.4) is 0 Å². The van der Waals surface area contributed by atoms with Crippen LogP contribution in [0.5, 0.6) is 0 Å². The van der Waals surface area contributed by atoms with Crippen LogP contribution in [0.25, 0.3) is 10.9 Å². The van der Waals surface area contributed by atoms with E-state index in [0.717, 1.165) is 26.9 Å². The van der Waals surface area contributed by atoms with Crippen LogP contribution in [-0.4, -0.2) is 10.1 Å². The quantitative estimate of drug-likeness (QED) is 0.786. The SMILES string of the molecule is Cc1ccsc1C(C)(O)Cc1ccnc2ccccc12. The van der Waals surface area contributed by atoms with Crippen molar-refractivity contribution in [3.05, 3.63) is 64.0 Å². The number of fused-ring (bicyclic) bond motifs is 1. The van der Waals surface area contributed by atoms with Gasteiger partial charge in [0.1, 0.15) is 5.60 Å². The molecule has 0 saturated carbocycles. The maximum absolute atomic E-state index is 10.9. The molecule has 0 aliphatic rings. The summed E-state index contributed by atoms with van der Waals surface area (Å²) in [5, 5.41) is 14.0. The van der Waals surface area contributed by atoms with Crippen LogP contribution < -0.4 is 0 Å². The monoisotopic (exact) mass is 283 g/mol. The molecular formula is C17H17NOS. The average Bonchev–Trinajstić information content (AvgIpc) is 2.86. The van der Waals surface area contributed by atoms with Crippen LogP contribution in [0.1, 0.15) is 22.9 Å². The van der Waals surface area contributed by atoms with Crippen LogP contribution in [0.2, 0.25) is 0 Å². The number of nitrogens with zero attached hydrogens (tertiary/aromatic N) is 1. The Morgan fingerprint density at radius 3 is 2.75 bits per heavy atom. The van der Waals surface area contributed by atoms with Crippen molar-refractivity contribution in [2.45, 2.75) is 25.9 Å². The Morgan fingerprint density at radius 2 is 2.00 bits per heavy atom. The lowest BCUT2D eigenvalue weighted by atomic mass is 9.91. The summed E-state index contributed by atoms with van der Waals surface area (Å²) in [7, 11) is 0. The van der Waals surface area contributed by atoms with Gasteiger partial charge >= 0.3 is 0 Å². The highest BCUT2D eigenvalue weighted by Crippen LogP contribution is 2.33. The summed E-state index contributed by atoms with van der Waals surface area (Å²) < 4.78 is 0. The normalized spacial score (nSPS) is 14.3. The third-order valence-electron chi connectivity index (χ3n) is 3.63. The summed E-state index contributed by atoms with van der Waals surface area (Å²) in [6.45, 7) is 3.94. The molecule has 2 aromatic heterocycles. The fourth-order valence-electron chi connectivity index (χ4n) is 2.68. The maximum Gasteiger partial charge on any atom is 0.100 e. The van der Waals surface area contributed by atoms with Crippen molar-refractivity contribution in [2.75, 3.05) is 0 Å². The number of hydrogen-bond acceptors (Lipinski definition) is 3. The molecule has 2 nitrogen and oxygen atoms in total. The largest absolute Gasteiger partial charge is 0.384 e. The van der Waals surface area contributed by atoms with Crippen LogP contribution in [0.15, 0.2) is 48.0 Å². The number of aliphatic hydroxyl groups is 1. The Kier molecular flexibility index (Phi) is 3.32. The second-order valence-electron chi connectivity index (χ2n) is 5.37. The summed E-state index contributed by atoms with van der Waals surface area (Å²) in [5.41, 5.74) is 2.41. The van der Waals surface area contributed by atoms with Crippen molar-refractivity contribution in [2.24, 2.45) is 0 Å². The van der Waals surface area contributed by atoms with Gasteiger partial charge in [0.2, 0.25) is 0 Å². The standard InChI is InChI=1S/C17H17NOS/c1-12-8-10-20-16(12)17(2,19)11-13-7-9-18-15-6-4-3-5-14(13)15/h3-10,19H,11H2,1-2H3. The van der Waals surface area contributed by atoms with Crippen LogP contribution in [0, 0.1) is 6.92 Å². The number of pyridine rings is 1. The summed E-state index contributed by atoms with van der Waals surface area (Å²) in [6.07, 6.45) is 2.41. The summed E-state index contributed by atoms with van der Waals surface area (Å²) in [6, 6.07) is 12.1. The predicted molar refractivity (Wildman–Crippen MR) is 84.1 cm³/mol. The van der Waals surface area contributed by atoms with Gasteiger partial charge in [-0.3, -0.25) is 4.98 Å². The van der Waals surface area contributed by atoms with E-state index in [1.54, 1.807) is 11.3 Å². The van der Waals surface area contributed by atoms with E-state index in [1.165, 1.54) is 0 Å². The van der Waals surface area contributed by atoms with Gasteiger partial charge in [-0.25, -0.2) is 0 Å². The average molecular weight is 283 g/mol. The third-order valence-corrected chi connectivity index (χ3v) is 4.89. The predicted octanol–water partition coefficient (Wildman–Crippen LogP) is 4.05. The van der Waals surface area contributed by atoms with Crippen molar-refractivity contribution in [1.82, 2.24) is 4.98 Å². The van der Waals surface area contributed by atoms with Gasteiger partial charge in [-0.2, -0.15) is 0 Å². The molecule has 3 rings (SSSR count). The van der Waals surface area contributed by atoms with E-state index < -0.39 is 5.60 Å². The number of benzene rings is 1. The molecular weight excluding hydrogens is 266 g/mol. The number of rotatable bonds is 3. The summed E-state index contributed by atoms with van der Waals surface area (Å²) >= 11 is 1.62. The van der Waals surface area contributed by atoms with Crippen molar-refractivity contribution >= 4 is 22.2 Å². The van der Waals surface area contributed by atoms with Crippen molar-refractivity contribution in [1.29, 1.82) is 0 Å². The zero-order valence-electron chi connectivity index (χ0n) is 11.6. The summed E-state index contributed by atoms with van der Waals surface area (Å²) in [4.78, 5) is 5.41. The topological polar surface area (TPSA) is 33.1 Å². The molecule has 0 aliphatic carbocycles. The number of hydrogen-bond donors (Lipinski definition) is 1. The second kappa shape index (κ2) is 5.00. The van der Waals surface area contributed by atoms with Gasteiger partial charge in [-0.1, -0.05) is 18.2 Å². The maximum atomic E-state index is 10.9. The van der Waals surface area contributed by atoms with E-state index in [4.69, 9.17) is 0 Å². The van der Waals surface area contributed by atoms with Gasteiger partial charge in [-0.05, 0) is 48.6 Å². The van der Waals surface area contributed by atoms with E-state index in [1.807, 2.05) is 49.7 Å². The molecule has 0 spiro atoms. The second-order valence-corrected chi connectivity index (χ2v) is 6.29. The number of aryl methyl sites for hydroxylation is 1. The van der Waals surface area contributed by atoms with E-state index >= 15 is 0 Å². The van der Waals surface area contributed by atoms with E-state index in [2.05, 4.69) is 17.1 Å². The molecule has 1 N–H and O–H groups in total.